The lowest BCUT2D eigenvalue weighted by Crippen LogP contribution is -2.65. The van der Waals surface area contributed by atoms with Gasteiger partial charge in [-0.15, -0.1) is 0 Å². The lowest BCUT2D eigenvalue weighted by atomic mass is 9.92. The SMILES string of the molecule is COc1cnc(N2CC(=O)N(Cc3ccc(C(C)(F)F)cc3)[C@H](C3COC3)C2=O)c(F)c1. The lowest BCUT2D eigenvalue weighted by molar-refractivity contribution is -0.155. The number of benzene rings is 1. The summed E-state index contributed by atoms with van der Waals surface area (Å²) in [5.74, 6) is -4.93. The molecule has 1 aromatic heterocycles. The van der Waals surface area contributed by atoms with Gasteiger partial charge < -0.3 is 14.4 Å². The van der Waals surface area contributed by atoms with E-state index in [1.165, 1.54) is 42.5 Å². The van der Waals surface area contributed by atoms with Gasteiger partial charge in [-0.25, -0.2) is 18.2 Å². The van der Waals surface area contributed by atoms with Crippen molar-refractivity contribution in [1.29, 1.82) is 0 Å². The van der Waals surface area contributed by atoms with Gasteiger partial charge >= 0.3 is 0 Å². The highest BCUT2D eigenvalue weighted by molar-refractivity contribution is 6.06. The van der Waals surface area contributed by atoms with Crippen molar-refractivity contribution in [2.45, 2.75) is 25.4 Å². The van der Waals surface area contributed by atoms with Gasteiger partial charge in [0.2, 0.25) is 5.91 Å². The van der Waals surface area contributed by atoms with Gasteiger partial charge in [0.05, 0.1) is 26.5 Å². The second kappa shape index (κ2) is 8.42. The minimum Gasteiger partial charge on any atom is -0.495 e. The van der Waals surface area contributed by atoms with Crippen molar-refractivity contribution in [1.82, 2.24) is 9.88 Å². The van der Waals surface area contributed by atoms with Crippen LogP contribution in [-0.4, -0.2) is 54.6 Å². The Balaban J connectivity index is 1.61. The molecule has 170 valence electrons. The second-order valence-corrected chi connectivity index (χ2v) is 7.95. The van der Waals surface area contributed by atoms with Crippen molar-refractivity contribution >= 4 is 17.6 Å². The summed E-state index contributed by atoms with van der Waals surface area (Å²) in [6, 6.07) is 5.84. The van der Waals surface area contributed by atoms with Crippen LogP contribution in [0.3, 0.4) is 0 Å². The summed E-state index contributed by atoms with van der Waals surface area (Å²) in [5.41, 5.74) is 0.463. The number of rotatable bonds is 6. The quantitative estimate of drug-likeness (QED) is 0.678. The average molecular weight is 449 g/mol. The van der Waals surface area contributed by atoms with E-state index in [-0.39, 0.29) is 49.4 Å². The van der Waals surface area contributed by atoms with Gasteiger partial charge in [-0.3, -0.25) is 14.5 Å². The number of methoxy groups -OCH3 is 1. The van der Waals surface area contributed by atoms with Crippen molar-refractivity contribution in [3.8, 4) is 5.75 Å². The second-order valence-electron chi connectivity index (χ2n) is 7.95. The highest BCUT2D eigenvalue weighted by Gasteiger charge is 2.47. The molecule has 0 saturated carbocycles. The maximum Gasteiger partial charge on any atom is 0.270 e. The van der Waals surface area contributed by atoms with E-state index in [0.29, 0.717) is 5.56 Å². The van der Waals surface area contributed by atoms with E-state index in [4.69, 9.17) is 9.47 Å². The molecule has 1 atom stereocenters. The summed E-state index contributed by atoms with van der Waals surface area (Å²) in [6.45, 7) is 1.06. The highest BCUT2D eigenvalue weighted by Crippen LogP contribution is 2.31. The van der Waals surface area contributed by atoms with Gasteiger partial charge in [0.15, 0.2) is 11.6 Å². The summed E-state index contributed by atoms with van der Waals surface area (Å²) in [7, 11) is 1.37. The fourth-order valence-corrected chi connectivity index (χ4v) is 3.83. The fourth-order valence-electron chi connectivity index (χ4n) is 3.83. The van der Waals surface area contributed by atoms with Gasteiger partial charge in [-0.05, 0) is 5.56 Å². The molecular weight excluding hydrogens is 427 g/mol. The number of aromatic nitrogens is 1. The molecule has 0 bridgehead atoms. The Morgan fingerprint density at radius 2 is 1.91 bits per heavy atom. The van der Waals surface area contributed by atoms with E-state index in [0.717, 1.165) is 17.9 Å². The van der Waals surface area contributed by atoms with Crippen molar-refractivity contribution in [2.24, 2.45) is 5.92 Å². The third-order valence-corrected chi connectivity index (χ3v) is 5.68. The fraction of sp³-hybridized carbons (Fsp3) is 0.409. The Bertz CT molecular complexity index is 1020. The molecule has 2 saturated heterocycles. The van der Waals surface area contributed by atoms with Crippen molar-refractivity contribution in [3.63, 3.8) is 0 Å². The van der Waals surface area contributed by atoms with Crippen LogP contribution in [0, 0.1) is 11.7 Å². The molecule has 0 N–H and O–H groups in total. The molecule has 2 aromatic rings. The number of pyridine rings is 1. The van der Waals surface area contributed by atoms with Crippen LogP contribution in [-0.2, 0) is 26.8 Å². The number of alkyl halides is 2. The van der Waals surface area contributed by atoms with Crippen LogP contribution in [0.4, 0.5) is 19.0 Å². The van der Waals surface area contributed by atoms with Gasteiger partial charge in [0.1, 0.15) is 18.3 Å². The zero-order valence-corrected chi connectivity index (χ0v) is 17.6. The van der Waals surface area contributed by atoms with Gasteiger partial charge in [0.25, 0.3) is 11.8 Å². The predicted octanol–water partition coefficient (Wildman–Crippen LogP) is 2.73. The van der Waals surface area contributed by atoms with E-state index >= 15 is 0 Å². The number of hydrogen-bond donors (Lipinski definition) is 0. The summed E-state index contributed by atoms with van der Waals surface area (Å²) in [6.07, 6.45) is 1.27. The Hall–Kier alpha value is -3.14. The van der Waals surface area contributed by atoms with Crippen LogP contribution in [0.2, 0.25) is 0 Å². The zero-order chi connectivity index (χ0) is 23.0. The number of carbonyl (C=O) groups excluding carboxylic acids is 2. The first-order valence-corrected chi connectivity index (χ1v) is 10.0. The molecule has 0 spiro atoms. The molecule has 0 radical (unpaired) electrons. The molecule has 2 aliphatic rings. The summed E-state index contributed by atoms with van der Waals surface area (Å²) < 4.78 is 51.7. The number of piperazine rings is 1. The number of halogens is 3. The molecule has 2 aliphatic heterocycles. The van der Waals surface area contributed by atoms with Gasteiger partial charge in [-0.2, -0.15) is 0 Å². The van der Waals surface area contributed by atoms with E-state index in [1.807, 2.05) is 0 Å². The van der Waals surface area contributed by atoms with E-state index < -0.39 is 29.6 Å². The molecular formula is C22H22F3N3O4. The predicted molar refractivity (Wildman–Crippen MR) is 108 cm³/mol. The molecule has 0 aliphatic carbocycles. The molecule has 3 heterocycles. The van der Waals surface area contributed by atoms with Gasteiger partial charge in [-0.1, -0.05) is 24.3 Å². The van der Waals surface area contributed by atoms with E-state index in [2.05, 4.69) is 4.98 Å². The first-order chi connectivity index (χ1) is 15.2. The Morgan fingerprint density at radius 1 is 1.22 bits per heavy atom. The number of hydrogen-bond acceptors (Lipinski definition) is 5. The maximum atomic E-state index is 14.6. The minimum atomic E-state index is -2.98. The third-order valence-electron chi connectivity index (χ3n) is 5.68. The zero-order valence-electron chi connectivity index (χ0n) is 17.6. The normalized spacial score (nSPS) is 19.8. The minimum absolute atomic E-state index is 0.0632. The summed E-state index contributed by atoms with van der Waals surface area (Å²) in [5, 5.41) is 0. The van der Waals surface area contributed by atoms with Gasteiger partial charge in [0, 0.05) is 31.0 Å². The standard InChI is InChI=1S/C22H22F3N3O4/c1-22(24,25)15-5-3-13(4-6-15)9-27-18(29)10-28(21(30)19(27)14-11-32-12-14)20-17(23)7-16(31-2)8-26-20/h3-8,14,19H,9-12H2,1-2H3/t19-/m1/s1. The molecule has 4 rings (SSSR count). The van der Waals surface area contributed by atoms with E-state index in [9.17, 15) is 22.8 Å². The smallest absolute Gasteiger partial charge is 0.270 e. The average Bonchev–Trinajstić information content (AvgIpc) is 2.71. The molecule has 32 heavy (non-hydrogen) atoms. The maximum absolute atomic E-state index is 14.6. The Kier molecular flexibility index (Phi) is 5.81. The molecule has 0 unspecified atom stereocenters. The van der Waals surface area contributed by atoms with Crippen LogP contribution in [0.1, 0.15) is 18.1 Å². The lowest BCUT2D eigenvalue weighted by Gasteiger charge is -2.45. The van der Waals surface area contributed by atoms with Crippen LogP contribution >= 0.6 is 0 Å². The summed E-state index contributed by atoms with van der Waals surface area (Å²) in [4.78, 5) is 32.8. The van der Waals surface area contributed by atoms with Crippen molar-refractivity contribution in [2.75, 3.05) is 31.8 Å². The van der Waals surface area contributed by atoms with Crippen molar-refractivity contribution < 1.29 is 32.2 Å². The topological polar surface area (TPSA) is 72.0 Å². The van der Waals surface area contributed by atoms with Crippen LogP contribution in [0.5, 0.6) is 5.75 Å². The largest absolute Gasteiger partial charge is 0.495 e. The van der Waals surface area contributed by atoms with Crippen LogP contribution in [0.25, 0.3) is 0 Å². The number of ether oxygens (including phenoxy) is 2. The van der Waals surface area contributed by atoms with E-state index in [1.54, 1.807) is 0 Å². The first kappa shape index (κ1) is 22.1. The van der Waals surface area contributed by atoms with Crippen molar-refractivity contribution in [3.05, 3.63) is 53.5 Å². The molecule has 10 heteroatoms. The Morgan fingerprint density at radius 3 is 2.44 bits per heavy atom. The monoisotopic (exact) mass is 449 g/mol. The molecule has 2 fully saturated rings. The molecule has 7 nitrogen and oxygen atoms in total. The molecule has 1 aromatic carbocycles. The number of amides is 2. The van der Waals surface area contributed by atoms with Crippen LogP contribution in [0.15, 0.2) is 36.5 Å². The highest BCUT2D eigenvalue weighted by atomic mass is 19.3. The molecule has 2 amide bonds. The number of carbonyl (C=O) groups is 2. The number of anilines is 1. The summed E-state index contributed by atoms with van der Waals surface area (Å²) >= 11 is 0. The van der Waals surface area contributed by atoms with Crippen LogP contribution < -0.4 is 9.64 Å². The first-order valence-electron chi connectivity index (χ1n) is 10.0. The Labute approximate surface area is 182 Å². The number of nitrogens with zero attached hydrogens (tertiary/aromatic N) is 3. The third kappa shape index (κ3) is 4.14.